The van der Waals surface area contributed by atoms with E-state index in [1.807, 2.05) is 12.1 Å². The van der Waals surface area contributed by atoms with E-state index in [9.17, 15) is 5.11 Å². The third-order valence-corrected chi connectivity index (χ3v) is 3.47. The Balaban J connectivity index is 1.90. The van der Waals surface area contributed by atoms with Crippen LogP contribution in [0.15, 0.2) is 24.5 Å². The fourth-order valence-corrected chi connectivity index (χ4v) is 2.53. The molecule has 0 radical (unpaired) electrons. The zero-order chi connectivity index (χ0) is 10.7. The van der Waals surface area contributed by atoms with Gasteiger partial charge in [-0.2, -0.15) is 0 Å². The topological polar surface area (TPSA) is 33.1 Å². The fraction of sp³-hybridized carbons (Fsp3) is 0.615. The molecule has 2 heteroatoms. The van der Waals surface area contributed by atoms with E-state index in [0.29, 0.717) is 5.92 Å². The van der Waals surface area contributed by atoms with E-state index in [-0.39, 0.29) is 6.10 Å². The van der Waals surface area contributed by atoms with Gasteiger partial charge in [-0.25, -0.2) is 0 Å². The molecule has 3 atom stereocenters. The van der Waals surface area contributed by atoms with Gasteiger partial charge in [0.05, 0.1) is 6.10 Å². The quantitative estimate of drug-likeness (QED) is 0.822. The summed E-state index contributed by atoms with van der Waals surface area (Å²) in [4.78, 5) is 3.98. The highest BCUT2D eigenvalue weighted by molar-refractivity contribution is 5.11. The van der Waals surface area contributed by atoms with Crippen LogP contribution in [0.2, 0.25) is 0 Å². The number of aliphatic hydroxyl groups excluding tert-OH is 1. The molecule has 3 unspecified atom stereocenters. The lowest BCUT2D eigenvalue weighted by Gasteiger charge is -2.17. The number of nitrogens with zero attached hydrogens (tertiary/aromatic N) is 1. The molecule has 1 aromatic rings. The van der Waals surface area contributed by atoms with Crippen LogP contribution in [0.3, 0.4) is 0 Å². The van der Waals surface area contributed by atoms with Gasteiger partial charge in [-0.3, -0.25) is 4.98 Å². The maximum Gasteiger partial charge on any atom is 0.0608 e. The molecule has 1 fully saturated rings. The lowest BCUT2D eigenvalue weighted by atomic mass is 9.94. The molecule has 1 aliphatic rings. The Morgan fingerprint density at radius 2 is 2.13 bits per heavy atom. The van der Waals surface area contributed by atoms with E-state index in [0.717, 1.165) is 12.3 Å². The van der Waals surface area contributed by atoms with Crippen molar-refractivity contribution >= 4 is 0 Å². The Hall–Kier alpha value is -0.890. The van der Waals surface area contributed by atoms with Gasteiger partial charge in [-0.1, -0.05) is 13.3 Å². The summed E-state index contributed by atoms with van der Waals surface area (Å²) in [6.07, 6.45) is 7.84. The summed E-state index contributed by atoms with van der Waals surface area (Å²) in [5.74, 6) is 1.30. The molecule has 15 heavy (non-hydrogen) atoms. The smallest absolute Gasteiger partial charge is 0.0608 e. The Bertz CT molecular complexity index is 299. The van der Waals surface area contributed by atoms with E-state index in [1.54, 1.807) is 12.4 Å². The zero-order valence-electron chi connectivity index (χ0n) is 9.26. The normalized spacial score (nSPS) is 27.9. The van der Waals surface area contributed by atoms with E-state index < -0.39 is 0 Å². The minimum atomic E-state index is -0.169. The largest absolute Gasteiger partial charge is 0.392 e. The van der Waals surface area contributed by atoms with Crippen LogP contribution >= 0.6 is 0 Å². The molecule has 1 aliphatic carbocycles. The van der Waals surface area contributed by atoms with Crippen molar-refractivity contribution in [1.29, 1.82) is 0 Å². The Morgan fingerprint density at radius 1 is 1.40 bits per heavy atom. The average molecular weight is 205 g/mol. The summed E-state index contributed by atoms with van der Waals surface area (Å²) >= 11 is 0. The summed E-state index contributed by atoms with van der Waals surface area (Å²) in [6, 6.07) is 3.98. The summed E-state index contributed by atoms with van der Waals surface area (Å²) in [6.45, 7) is 2.28. The molecule has 0 bridgehead atoms. The van der Waals surface area contributed by atoms with Crippen molar-refractivity contribution in [1.82, 2.24) is 4.98 Å². The lowest BCUT2D eigenvalue weighted by Crippen LogP contribution is -2.20. The molecular formula is C13H19NO. The molecule has 0 amide bonds. The first-order valence-electron chi connectivity index (χ1n) is 5.82. The van der Waals surface area contributed by atoms with Crippen molar-refractivity contribution < 1.29 is 5.11 Å². The second-order valence-corrected chi connectivity index (χ2v) is 4.81. The maximum atomic E-state index is 10.1. The molecule has 0 spiro atoms. The van der Waals surface area contributed by atoms with E-state index in [2.05, 4.69) is 11.9 Å². The number of pyridine rings is 1. The highest BCUT2D eigenvalue weighted by atomic mass is 16.3. The van der Waals surface area contributed by atoms with Crippen LogP contribution in [0.5, 0.6) is 0 Å². The van der Waals surface area contributed by atoms with Crippen molar-refractivity contribution in [3.05, 3.63) is 30.1 Å². The summed E-state index contributed by atoms with van der Waals surface area (Å²) in [5.41, 5.74) is 1.19. The third-order valence-electron chi connectivity index (χ3n) is 3.47. The Morgan fingerprint density at radius 3 is 2.73 bits per heavy atom. The second-order valence-electron chi connectivity index (χ2n) is 4.81. The molecule has 2 rings (SSSR count). The van der Waals surface area contributed by atoms with E-state index in [4.69, 9.17) is 0 Å². The van der Waals surface area contributed by atoms with E-state index in [1.165, 1.54) is 24.8 Å². The second kappa shape index (κ2) is 4.75. The van der Waals surface area contributed by atoms with Crippen molar-refractivity contribution in [2.24, 2.45) is 11.8 Å². The highest BCUT2D eigenvalue weighted by Gasteiger charge is 2.27. The van der Waals surface area contributed by atoms with Gasteiger partial charge in [-0.15, -0.1) is 0 Å². The average Bonchev–Trinajstić information content (AvgIpc) is 2.66. The molecule has 82 valence electrons. The molecule has 0 saturated heterocycles. The van der Waals surface area contributed by atoms with Crippen molar-refractivity contribution in [2.45, 2.75) is 38.7 Å². The molecule has 0 aliphatic heterocycles. The maximum absolute atomic E-state index is 10.1. The van der Waals surface area contributed by atoms with Gasteiger partial charge in [0.1, 0.15) is 0 Å². The first kappa shape index (κ1) is 10.6. The monoisotopic (exact) mass is 205 g/mol. The van der Waals surface area contributed by atoms with Crippen LogP contribution in [-0.4, -0.2) is 16.2 Å². The number of aromatic nitrogens is 1. The summed E-state index contributed by atoms with van der Waals surface area (Å²) < 4.78 is 0. The predicted molar refractivity (Wildman–Crippen MR) is 60.5 cm³/mol. The van der Waals surface area contributed by atoms with Crippen molar-refractivity contribution in [2.75, 3.05) is 0 Å². The third kappa shape index (κ3) is 2.78. The van der Waals surface area contributed by atoms with Crippen LogP contribution in [0.25, 0.3) is 0 Å². The Kier molecular flexibility index (Phi) is 3.37. The molecule has 0 aromatic carbocycles. The van der Waals surface area contributed by atoms with Gasteiger partial charge in [0.15, 0.2) is 0 Å². The van der Waals surface area contributed by atoms with Crippen LogP contribution in [0.1, 0.15) is 31.7 Å². The summed E-state index contributed by atoms with van der Waals surface area (Å²) in [5, 5.41) is 10.1. The van der Waals surface area contributed by atoms with Gasteiger partial charge in [0.2, 0.25) is 0 Å². The number of rotatable bonds is 3. The molecule has 1 heterocycles. The predicted octanol–water partition coefficient (Wildman–Crippen LogP) is 2.42. The first-order valence-corrected chi connectivity index (χ1v) is 5.82. The fourth-order valence-electron chi connectivity index (χ4n) is 2.53. The first-order chi connectivity index (χ1) is 7.25. The number of hydrogen-bond donors (Lipinski definition) is 1. The van der Waals surface area contributed by atoms with Crippen LogP contribution < -0.4 is 0 Å². The Labute approximate surface area is 91.4 Å². The van der Waals surface area contributed by atoms with Crippen LogP contribution in [-0.2, 0) is 6.42 Å². The van der Waals surface area contributed by atoms with Gasteiger partial charge in [0.25, 0.3) is 0 Å². The van der Waals surface area contributed by atoms with Crippen molar-refractivity contribution in [3.63, 3.8) is 0 Å². The lowest BCUT2D eigenvalue weighted by molar-refractivity contribution is 0.109. The minimum Gasteiger partial charge on any atom is -0.392 e. The standard InChI is InChI=1S/C13H19NO/c1-10-2-3-12(8-10)13(15)9-11-4-6-14-7-5-11/h4-7,10,12-13,15H,2-3,8-9H2,1H3. The van der Waals surface area contributed by atoms with Crippen LogP contribution in [0, 0.1) is 11.8 Å². The van der Waals surface area contributed by atoms with Crippen LogP contribution in [0.4, 0.5) is 0 Å². The van der Waals surface area contributed by atoms with Gasteiger partial charge in [-0.05, 0) is 48.8 Å². The zero-order valence-corrected chi connectivity index (χ0v) is 9.26. The van der Waals surface area contributed by atoms with Crippen molar-refractivity contribution in [3.8, 4) is 0 Å². The number of aliphatic hydroxyl groups is 1. The molecule has 1 saturated carbocycles. The molecular weight excluding hydrogens is 186 g/mol. The highest BCUT2D eigenvalue weighted by Crippen LogP contribution is 2.33. The SMILES string of the molecule is CC1CCC(C(O)Cc2ccncc2)C1. The van der Waals surface area contributed by atoms with E-state index >= 15 is 0 Å². The molecule has 2 nitrogen and oxygen atoms in total. The number of hydrogen-bond acceptors (Lipinski definition) is 2. The van der Waals surface area contributed by atoms with Gasteiger partial charge in [0, 0.05) is 12.4 Å². The van der Waals surface area contributed by atoms with Gasteiger partial charge < -0.3 is 5.11 Å². The molecule has 1 aromatic heterocycles. The molecule has 1 N–H and O–H groups in total. The minimum absolute atomic E-state index is 0.169. The van der Waals surface area contributed by atoms with Gasteiger partial charge >= 0.3 is 0 Å². The summed E-state index contributed by atoms with van der Waals surface area (Å²) in [7, 11) is 0.